The molecule has 0 aromatic rings. The molecule has 90 valence electrons. The molecule has 1 saturated carbocycles. The molecule has 4 nitrogen and oxygen atoms in total. The molecule has 1 aliphatic carbocycles. The summed E-state index contributed by atoms with van der Waals surface area (Å²) in [5, 5.41) is 9.58. The third-order valence-corrected chi connectivity index (χ3v) is 4.03. The first-order chi connectivity index (χ1) is 7.59. The Morgan fingerprint density at radius 3 is 2.19 bits per heavy atom. The fourth-order valence-electron chi connectivity index (χ4n) is 2.86. The first kappa shape index (κ1) is 11.6. The minimum Gasteiger partial charge on any atom is -0.394 e. The van der Waals surface area contributed by atoms with Crippen LogP contribution in [-0.2, 0) is 9.59 Å². The Kier molecular flexibility index (Phi) is 3.02. The molecule has 0 aromatic heterocycles. The van der Waals surface area contributed by atoms with Crippen LogP contribution in [0.4, 0.5) is 0 Å². The molecule has 0 spiro atoms. The average molecular weight is 225 g/mol. The number of likely N-dealkylation sites (tertiary alicyclic amines) is 1. The second-order valence-electron chi connectivity index (χ2n) is 5.19. The first-order valence-corrected chi connectivity index (χ1v) is 6.06. The van der Waals surface area contributed by atoms with Crippen LogP contribution >= 0.6 is 0 Å². The quantitative estimate of drug-likeness (QED) is 0.715. The van der Waals surface area contributed by atoms with Crippen molar-refractivity contribution in [2.45, 2.75) is 51.0 Å². The smallest absolute Gasteiger partial charge is 0.230 e. The molecule has 2 aliphatic rings. The molecule has 1 saturated heterocycles. The van der Waals surface area contributed by atoms with Gasteiger partial charge in [0.15, 0.2) is 0 Å². The normalized spacial score (nSPS) is 35.9. The van der Waals surface area contributed by atoms with E-state index in [9.17, 15) is 14.7 Å². The number of aliphatic hydroxyl groups is 1. The van der Waals surface area contributed by atoms with E-state index in [4.69, 9.17) is 0 Å². The van der Waals surface area contributed by atoms with Gasteiger partial charge in [0.25, 0.3) is 0 Å². The maximum atomic E-state index is 11.7. The lowest BCUT2D eigenvalue weighted by molar-refractivity contribution is -0.150. The van der Waals surface area contributed by atoms with Gasteiger partial charge < -0.3 is 5.11 Å². The van der Waals surface area contributed by atoms with Gasteiger partial charge >= 0.3 is 0 Å². The molecular weight excluding hydrogens is 206 g/mol. The predicted octanol–water partition coefficient (Wildman–Crippen LogP) is 1.08. The lowest BCUT2D eigenvalue weighted by Crippen LogP contribution is -2.55. The molecule has 0 atom stereocenters. The zero-order chi connectivity index (χ0) is 11.8. The molecule has 0 bridgehead atoms. The molecular formula is C12H19NO3. The maximum Gasteiger partial charge on any atom is 0.230 e. The number of rotatable bonds is 2. The Balaban J connectivity index is 2.20. The highest BCUT2D eigenvalue weighted by molar-refractivity contribution is 6.02. The van der Waals surface area contributed by atoms with E-state index in [0.29, 0.717) is 18.8 Å². The van der Waals surface area contributed by atoms with Gasteiger partial charge in [-0.1, -0.05) is 6.92 Å². The van der Waals surface area contributed by atoms with E-state index in [1.165, 1.54) is 4.90 Å². The van der Waals surface area contributed by atoms with Crippen molar-refractivity contribution >= 4 is 11.8 Å². The van der Waals surface area contributed by atoms with Gasteiger partial charge in [-0.05, 0) is 31.6 Å². The molecule has 16 heavy (non-hydrogen) atoms. The summed E-state index contributed by atoms with van der Waals surface area (Å²) in [4.78, 5) is 24.8. The SMILES string of the molecule is CC1CCC(CO)(N2C(=O)CCC2=O)CC1. The Morgan fingerprint density at radius 1 is 1.25 bits per heavy atom. The first-order valence-electron chi connectivity index (χ1n) is 6.06. The average Bonchev–Trinajstić information content (AvgIpc) is 2.62. The number of imide groups is 1. The molecule has 1 heterocycles. The summed E-state index contributed by atoms with van der Waals surface area (Å²) in [6.45, 7) is 2.09. The molecule has 0 unspecified atom stereocenters. The van der Waals surface area contributed by atoms with E-state index in [1.54, 1.807) is 0 Å². The van der Waals surface area contributed by atoms with Crippen molar-refractivity contribution in [3.63, 3.8) is 0 Å². The largest absolute Gasteiger partial charge is 0.394 e. The number of carbonyl (C=O) groups excluding carboxylic acids is 2. The summed E-state index contributed by atoms with van der Waals surface area (Å²) in [7, 11) is 0. The van der Waals surface area contributed by atoms with Crippen LogP contribution in [0.5, 0.6) is 0 Å². The van der Waals surface area contributed by atoms with Crippen LogP contribution in [0.1, 0.15) is 45.4 Å². The standard InChI is InChI=1S/C12H19NO3/c1-9-4-6-12(8-14,7-5-9)13-10(15)2-3-11(13)16/h9,14H,2-8H2,1H3. The topological polar surface area (TPSA) is 57.6 Å². The van der Waals surface area contributed by atoms with E-state index in [0.717, 1.165) is 25.7 Å². The predicted molar refractivity (Wildman–Crippen MR) is 58.5 cm³/mol. The third kappa shape index (κ3) is 1.75. The number of aliphatic hydroxyl groups excluding tert-OH is 1. The van der Waals surface area contributed by atoms with Crippen molar-refractivity contribution in [3.8, 4) is 0 Å². The van der Waals surface area contributed by atoms with Gasteiger partial charge in [-0.25, -0.2) is 0 Å². The molecule has 1 N–H and O–H groups in total. The minimum atomic E-state index is -0.586. The lowest BCUT2D eigenvalue weighted by Gasteiger charge is -2.43. The van der Waals surface area contributed by atoms with Crippen LogP contribution in [0.15, 0.2) is 0 Å². The molecule has 2 fully saturated rings. The monoisotopic (exact) mass is 225 g/mol. The van der Waals surface area contributed by atoms with Gasteiger partial charge in [-0.3, -0.25) is 14.5 Å². The van der Waals surface area contributed by atoms with Gasteiger partial charge in [0.05, 0.1) is 12.1 Å². The van der Waals surface area contributed by atoms with Gasteiger partial charge in [-0.2, -0.15) is 0 Å². The number of nitrogens with zero attached hydrogens (tertiary/aromatic N) is 1. The number of carbonyl (C=O) groups is 2. The van der Waals surface area contributed by atoms with Crippen molar-refractivity contribution in [1.82, 2.24) is 4.90 Å². The third-order valence-electron chi connectivity index (χ3n) is 4.03. The summed E-state index contributed by atoms with van der Waals surface area (Å²) in [6, 6.07) is 0. The Hall–Kier alpha value is -0.900. The summed E-state index contributed by atoms with van der Waals surface area (Å²) >= 11 is 0. The van der Waals surface area contributed by atoms with E-state index in [1.807, 2.05) is 0 Å². The van der Waals surface area contributed by atoms with E-state index < -0.39 is 5.54 Å². The highest BCUT2D eigenvalue weighted by atomic mass is 16.3. The van der Waals surface area contributed by atoms with Gasteiger partial charge in [0.2, 0.25) is 11.8 Å². The van der Waals surface area contributed by atoms with Crippen LogP contribution in [0, 0.1) is 5.92 Å². The molecule has 0 aromatic carbocycles. The van der Waals surface area contributed by atoms with Crippen LogP contribution in [-0.4, -0.2) is 34.0 Å². The second-order valence-corrected chi connectivity index (χ2v) is 5.19. The summed E-state index contributed by atoms with van der Waals surface area (Å²) in [6.07, 6.45) is 4.10. The fraction of sp³-hybridized carbons (Fsp3) is 0.833. The summed E-state index contributed by atoms with van der Waals surface area (Å²) < 4.78 is 0. The van der Waals surface area contributed by atoms with Crippen LogP contribution in [0.3, 0.4) is 0 Å². The van der Waals surface area contributed by atoms with Crippen molar-refractivity contribution in [2.75, 3.05) is 6.61 Å². The van der Waals surface area contributed by atoms with Crippen LogP contribution in [0.25, 0.3) is 0 Å². The highest BCUT2D eigenvalue weighted by Crippen LogP contribution is 2.38. The zero-order valence-corrected chi connectivity index (χ0v) is 9.74. The van der Waals surface area contributed by atoms with Crippen molar-refractivity contribution in [1.29, 1.82) is 0 Å². The molecule has 4 heteroatoms. The number of hydrogen-bond acceptors (Lipinski definition) is 3. The lowest BCUT2D eigenvalue weighted by atomic mass is 9.76. The number of amides is 2. The maximum absolute atomic E-state index is 11.7. The van der Waals surface area contributed by atoms with E-state index in [-0.39, 0.29) is 18.4 Å². The Labute approximate surface area is 95.6 Å². The second kappa shape index (κ2) is 4.17. The summed E-state index contributed by atoms with van der Waals surface area (Å²) in [5.74, 6) is 0.426. The highest BCUT2D eigenvalue weighted by Gasteiger charge is 2.47. The van der Waals surface area contributed by atoms with E-state index >= 15 is 0 Å². The van der Waals surface area contributed by atoms with E-state index in [2.05, 4.69) is 6.92 Å². The molecule has 1 aliphatic heterocycles. The van der Waals surface area contributed by atoms with Crippen molar-refractivity contribution < 1.29 is 14.7 Å². The summed E-state index contributed by atoms with van der Waals surface area (Å²) in [5.41, 5.74) is -0.586. The molecule has 2 rings (SSSR count). The minimum absolute atomic E-state index is 0.0861. The Morgan fingerprint density at radius 2 is 1.75 bits per heavy atom. The molecule has 0 radical (unpaired) electrons. The van der Waals surface area contributed by atoms with Gasteiger partial charge in [0.1, 0.15) is 0 Å². The Bertz CT molecular complexity index is 289. The molecule has 2 amide bonds. The van der Waals surface area contributed by atoms with Gasteiger partial charge in [0, 0.05) is 12.8 Å². The van der Waals surface area contributed by atoms with Crippen LogP contribution < -0.4 is 0 Å². The number of hydrogen-bond donors (Lipinski definition) is 1. The zero-order valence-electron chi connectivity index (χ0n) is 9.74. The van der Waals surface area contributed by atoms with Crippen LogP contribution in [0.2, 0.25) is 0 Å². The fourth-order valence-corrected chi connectivity index (χ4v) is 2.86. The van der Waals surface area contributed by atoms with Gasteiger partial charge in [-0.15, -0.1) is 0 Å². The van der Waals surface area contributed by atoms with Crippen molar-refractivity contribution in [2.24, 2.45) is 5.92 Å². The van der Waals surface area contributed by atoms with Crippen molar-refractivity contribution in [3.05, 3.63) is 0 Å².